The summed E-state index contributed by atoms with van der Waals surface area (Å²) in [7, 11) is 1.51. The van der Waals surface area contributed by atoms with Crippen molar-refractivity contribution in [2.45, 2.75) is 26.2 Å². The van der Waals surface area contributed by atoms with Crippen LogP contribution in [0.3, 0.4) is 0 Å². The predicted octanol–water partition coefficient (Wildman–Crippen LogP) is 7.98. The number of fused-ring (bicyclic) bond motifs is 1. The molecule has 3 aromatic carbocycles. The van der Waals surface area contributed by atoms with Gasteiger partial charge in [-0.2, -0.15) is 0 Å². The number of carbonyl (C=O) groups excluding carboxylic acids is 1. The lowest BCUT2D eigenvalue weighted by molar-refractivity contribution is -0.111. The summed E-state index contributed by atoms with van der Waals surface area (Å²) in [5.74, 6) is 1.16. The van der Waals surface area contributed by atoms with E-state index in [1.165, 1.54) is 18.7 Å². The number of amides is 1. The quantitative estimate of drug-likeness (QED) is 0.264. The molecule has 0 saturated carbocycles. The maximum absolute atomic E-state index is 12.4. The number of benzene rings is 3. The minimum atomic E-state index is -0.301. The maximum Gasteiger partial charge on any atom is 0.248 e. The second kappa shape index (κ2) is 10.3. The van der Waals surface area contributed by atoms with Crippen molar-refractivity contribution < 1.29 is 13.9 Å². The Labute approximate surface area is 208 Å². The first-order valence-electron chi connectivity index (χ1n) is 10.9. The van der Waals surface area contributed by atoms with Crippen molar-refractivity contribution in [1.29, 1.82) is 0 Å². The van der Waals surface area contributed by atoms with Gasteiger partial charge >= 0.3 is 0 Å². The second-order valence-electron chi connectivity index (χ2n) is 7.97. The van der Waals surface area contributed by atoms with Crippen molar-refractivity contribution in [3.63, 3.8) is 0 Å². The van der Waals surface area contributed by atoms with Gasteiger partial charge in [0.05, 0.1) is 12.1 Å². The molecular formula is C27H24Cl2N2O3. The van der Waals surface area contributed by atoms with E-state index in [2.05, 4.69) is 36.3 Å². The molecule has 0 aliphatic heterocycles. The van der Waals surface area contributed by atoms with Crippen LogP contribution in [0.5, 0.6) is 5.75 Å². The van der Waals surface area contributed by atoms with Crippen molar-refractivity contribution in [3.05, 3.63) is 81.8 Å². The molecule has 1 amide bonds. The van der Waals surface area contributed by atoms with Gasteiger partial charge in [0.2, 0.25) is 11.8 Å². The van der Waals surface area contributed by atoms with E-state index in [1.54, 1.807) is 30.3 Å². The minimum Gasteiger partial charge on any atom is -0.495 e. The number of rotatable bonds is 7. The zero-order valence-corrected chi connectivity index (χ0v) is 20.6. The molecule has 1 atom stereocenters. The van der Waals surface area contributed by atoms with E-state index in [0.717, 1.165) is 23.1 Å². The largest absolute Gasteiger partial charge is 0.495 e. The van der Waals surface area contributed by atoms with Crippen LogP contribution in [0.2, 0.25) is 10.0 Å². The third-order valence-corrected chi connectivity index (χ3v) is 6.15. The zero-order valence-electron chi connectivity index (χ0n) is 19.1. The van der Waals surface area contributed by atoms with Crippen molar-refractivity contribution >= 4 is 52.0 Å². The molecule has 4 rings (SSSR count). The topological polar surface area (TPSA) is 64.4 Å². The van der Waals surface area contributed by atoms with Crippen LogP contribution in [0.4, 0.5) is 5.69 Å². The van der Waals surface area contributed by atoms with E-state index in [9.17, 15) is 4.79 Å². The molecule has 0 aliphatic rings. The molecule has 0 fully saturated rings. The first kappa shape index (κ1) is 23.9. The average molecular weight is 495 g/mol. The molecule has 5 nitrogen and oxygen atoms in total. The number of carbonyl (C=O) groups is 1. The normalized spacial score (nSPS) is 12.3. The highest BCUT2D eigenvalue weighted by atomic mass is 35.5. The minimum absolute atomic E-state index is 0.301. The van der Waals surface area contributed by atoms with Crippen LogP contribution in [0.15, 0.2) is 65.1 Å². The number of anilines is 1. The van der Waals surface area contributed by atoms with Crippen LogP contribution in [-0.4, -0.2) is 18.0 Å². The van der Waals surface area contributed by atoms with Crippen LogP contribution in [0, 0.1) is 0 Å². The summed E-state index contributed by atoms with van der Waals surface area (Å²) in [5.41, 5.74) is 4.92. The smallest absolute Gasteiger partial charge is 0.248 e. The van der Waals surface area contributed by atoms with Gasteiger partial charge in [0.25, 0.3) is 0 Å². The van der Waals surface area contributed by atoms with Crippen molar-refractivity contribution in [3.8, 4) is 17.2 Å². The number of ether oxygens (including phenoxy) is 1. The van der Waals surface area contributed by atoms with Crippen molar-refractivity contribution in [1.82, 2.24) is 4.98 Å². The molecule has 0 unspecified atom stereocenters. The fourth-order valence-electron chi connectivity index (χ4n) is 3.58. The number of methoxy groups -OCH3 is 1. The fourth-order valence-corrected chi connectivity index (χ4v) is 4.16. The fraction of sp³-hybridized carbons (Fsp3) is 0.185. The van der Waals surface area contributed by atoms with Crippen molar-refractivity contribution in [2.24, 2.45) is 0 Å². The molecule has 7 heteroatoms. The molecule has 0 bridgehead atoms. The Balaban J connectivity index is 1.47. The molecule has 4 aromatic rings. The molecule has 0 aliphatic carbocycles. The Kier molecular flexibility index (Phi) is 7.25. The molecule has 1 heterocycles. The van der Waals surface area contributed by atoms with Gasteiger partial charge in [-0.05, 0) is 72.5 Å². The van der Waals surface area contributed by atoms with E-state index in [4.69, 9.17) is 32.4 Å². The van der Waals surface area contributed by atoms with E-state index in [-0.39, 0.29) is 5.91 Å². The van der Waals surface area contributed by atoms with E-state index in [0.29, 0.717) is 38.9 Å². The Morgan fingerprint density at radius 2 is 1.91 bits per heavy atom. The Bertz CT molecular complexity index is 1360. The third-order valence-electron chi connectivity index (χ3n) is 5.65. The van der Waals surface area contributed by atoms with Crippen LogP contribution >= 0.6 is 23.2 Å². The Morgan fingerprint density at radius 3 is 2.62 bits per heavy atom. The van der Waals surface area contributed by atoms with Gasteiger partial charge in [0.1, 0.15) is 11.3 Å². The van der Waals surface area contributed by atoms with Crippen LogP contribution in [0.25, 0.3) is 28.6 Å². The van der Waals surface area contributed by atoms with Gasteiger partial charge < -0.3 is 14.5 Å². The van der Waals surface area contributed by atoms with E-state index in [1.807, 2.05) is 18.2 Å². The number of nitrogens with one attached hydrogen (secondary N) is 1. The molecule has 174 valence electrons. The van der Waals surface area contributed by atoms with Gasteiger partial charge in [0.15, 0.2) is 5.58 Å². The Hall–Kier alpha value is -3.28. The van der Waals surface area contributed by atoms with Gasteiger partial charge in [0, 0.05) is 27.9 Å². The number of hydrogen-bond donors (Lipinski definition) is 1. The average Bonchev–Trinajstić information content (AvgIpc) is 3.26. The summed E-state index contributed by atoms with van der Waals surface area (Å²) >= 11 is 12.2. The molecular weight excluding hydrogens is 471 g/mol. The SMILES string of the molecule is CC[C@H](C)c1ccc2oc(-c3ccc(NC(=O)/C=C/c4cc(Cl)cc(Cl)c4OC)cc3)nc2c1. The highest BCUT2D eigenvalue weighted by Gasteiger charge is 2.12. The number of hydrogen-bond acceptors (Lipinski definition) is 4. The third kappa shape index (κ3) is 5.27. The summed E-state index contributed by atoms with van der Waals surface area (Å²) in [4.78, 5) is 17.0. The summed E-state index contributed by atoms with van der Waals surface area (Å²) in [6.07, 6.45) is 4.07. The summed E-state index contributed by atoms with van der Waals surface area (Å²) in [6.45, 7) is 4.37. The molecule has 0 spiro atoms. The number of oxazole rings is 1. The van der Waals surface area contributed by atoms with Crippen LogP contribution in [0.1, 0.15) is 37.3 Å². The predicted molar refractivity (Wildman–Crippen MR) is 139 cm³/mol. The first-order valence-corrected chi connectivity index (χ1v) is 11.7. The highest BCUT2D eigenvalue weighted by molar-refractivity contribution is 6.36. The van der Waals surface area contributed by atoms with Crippen LogP contribution < -0.4 is 10.1 Å². The molecule has 1 N–H and O–H groups in total. The molecule has 1 aromatic heterocycles. The first-order chi connectivity index (χ1) is 16.4. The molecule has 34 heavy (non-hydrogen) atoms. The van der Waals surface area contributed by atoms with Gasteiger partial charge in [-0.1, -0.05) is 43.1 Å². The van der Waals surface area contributed by atoms with Gasteiger partial charge in [-0.25, -0.2) is 4.98 Å². The monoisotopic (exact) mass is 494 g/mol. The standard InChI is InChI=1S/C27H24Cl2N2O3/c1-4-16(2)18-7-11-24-23(14-18)31-27(34-24)17-5-9-21(10-6-17)30-25(32)12-8-19-13-20(28)15-22(29)26(19)33-3/h5-16H,4H2,1-3H3,(H,30,32)/b12-8+/t16-/m0/s1. The van der Waals surface area contributed by atoms with Gasteiger partial charge in [-0.3, -0.25) is 4.79 Å². The van der Waals surface area contributed by atoms with Gasteiger partial charge in [-0.15, -0.1) is 0 Å². The maximum atomic E-state index is 12.4. The lowest BCUT2D eigenvalue weighted by Crippen LogP contribution is -2.07. The lowest BCUT2D eigenvalue weighted by Gasteiger charge is -2.08. The summed E-state index contributed by atoms with van der Waals surface area (Å²) in [6, 6.07) is 16.7. The van der Waals surface area contributed by atoms with Crippen molar-refractivity contribution in [2.75, 3.05) is 12.4 Å². The highest BCUT2D eigenvalue weighted by Crippen LogP contribution is 2.33. The number of aromatic nitrogens is 1. The lowest BCUT2D eigenvalue weighted by atomic mass is 9.98. The Morgan fingerprint density at radius 1 is 1.15 bits per heavy atom. The molecule has 0 radical (unpaired) electrons. The summed E-state index contributed by atoms with van der Waals surface area (Å²) in [5, 5.41) is 3.66. The van der Waals surface area contributed by atoms with E-state index >= 15 is 0 Å². The second-order valence-corrected chi connectivity index (χ2v) is 8.81. The molecule has 0 saturated heterocycles. The zero-order chi connectivity index (χ0) is 24.2. The number of halogens is 2. The van der Waals surface area contributed by atoms with Crippen LogP contribution in [-0.2, 0) is 4.79 Å². The number of nitrogens with zero attached hydrogens (tertiary/aromatic N) is 1. The van der Waals surface area contributed by atoms with E-state index < -0.39 is 0 Å². The summed E-state index contributed by atoms with van der Waals surface area (Å²) < 4.78 is 11.2.